The van der Waals surface area contributed by atoms with Crippen LogP contribution >= 0.6 is 0 Å². The smallest absolute Gasteiger partial charge is 0.337 e. The summed E-state index contributed by atoms with van der Waals surface area (Å²) in [4.78, 5) is 11.1. The summed E-state index contributed by atoms with van der Waals surface area (Å²) in [6.45, 7) is 0. The van der Waals surface area contributed by atoms with Gasteiger partial charge < -0.3 is 10.8 Å². The van der Waals surface area contributed by atoms with Crippen LogP contribution in [0.2, 0.25) is 0 Å². The highest BCUT2D eigenvalue weighted by Crippen LogP contribution is 2.22. The van der Waals surface area contributed by atoms with Gasteiger partial charge in [0.05, 0.1) is 16.1 Å². The van der Waals surface area contributed by atoms with E-state index in [1.165, 1.54) is 30.3 Å². The van der Waals surface area contributed by atoms with Gasteiger partial charge in [-0.15, -0.1) is 0 Å². The minimum atomic E-state index is -3.85. The van der Waals surface area contributed by atoms with Crippen molar-refractivity contribution in [2.45, 2.75) is 4.90 Å². The zero-order chi connectivity index (χ0) is 14.8. The topological polar surface area (TPSA) is 109 Å². The summed E-state index contributed by atoms with van der Waals surface area (Å²) in [5.74, 6) is -1.24. The Bertz CT molecular complexity index is 742. The van der Waals surface area contributed by atoms with Gasteiger partial charge in [0.25, 0.3) is 10.0 Å². The first kappa shape index (κ1) is 13.9. The zero-order valence-corrected chi connectivity index (χ0v) is 11.1. The van der Waals surface area contributed by atoms with Crippen molar-refractivity contribution >= 4 is 27.4 Å². The number of aromatic carboxylic acids is 1. The fourth-order valence-corrected chi connectivity index (χ4v) is 2.73. The average Bonchev–Trinajstić information content (AvgIpc) is 2.39. The molecule has 2 aromatic rings. The molecule has 4 N–H and O–H groups in total. The van der Waals surface area contributed by atoms with Crippen molar-refractivity contribution in [3.63, 3.8) is 0 Å². The van der Waals surface area contributed by atoms with Crippen LogP contribution in [-0.2, 0) is 10.0 Å². The molecule has 0 aliphatic heterocycles. The number of anilines is 2. The van der Waals surface area contributed by atoms with Crippen molar-refractivity contribution in [1.29, 1.82) is 0 Å². The maximum atomic E-state index is 12.1. The highest BCUT2D eigenvalue weighted by Gasteiger charge is 2.18. The van der Waals surface area contributed by atoms with Crippen molar-refractivity contribution in [3.8, 4) is 0 Å². The van der Waals surface area contributed by atoms with Gasteiger partial charge in [-0.2, -0.15) is 0 Å². The van der Waals surface area contributed by atoms with E-state index in [2.05, 4.69) is 4.72 Å². The summed E-state index contributed by atoms with van der Waals surface area (Å²) in [5, 5.41) is 9.05. The van der Waals surface area contributed by atoms with Gasteiger partial charge in [-0.25, -0.2) is 13.2 Å². The summed E-state index contributed by atoms with van der Waals surface area (Å²) in [5.41, 5.74) is 5.59. The van der Waals surface area contributed by atoms with Gasteiger partial charge in [0, 0.05) is 5.69 Å². The molecule has 0 saturated carbocycles. The first-order valence-electron chi connectivity index (χ1n) is 5.61. The molecule has 0 aliphatic rings. The first-order chi connectivity index (χ1) is 9.40. The summed E-state index contributed by atoms with van der Waals surface area (Å²) in [6, 6.07) is 11.6. The number of benzene rings is 2. The number of carboxylic acid groups (broad SMARTS) is 1. The molecule has 0 aliphatic carbocycles. The van der Waals surface area contributed by atoms with E-state index in [0.717, 1.165) is 0 Å². The molecule has 0 atom stereocenters. The standard InChI is InChI=1S/C13H12N2O4S/c14-9-6-7-11(13(16)17)12(8-9)15-20(18,19)10-4-2-1-3-5-10/h1-8,15H,14H2,(H,16,17). The van der Waals surface area contributed by atoms with Crippen molar-refractivity contribution in [2.75, 3.05) is 10.5 Å². The molecule has 2 aromatic carbocycles. The maximum Gasteiger partial charge on any atom is 0.337 e. The quantitative estimate of drug-likeness (QED) is 0.744. The molecule has 0 aromatic heterocycles. The Kier molecular flexibility index (Phi) is 3.62. The molecule has 0 saturated heterocycles. The van der Waals surface area contributed by atoms with Gasteiger partial charge in [-0.3, -0.25) is 4.72 Å². The lowest BCUT2D eigenvalue weighted by atomic mass is 10.1. The molecule has 6 nitrogen and oxygen atoms in total. The second-order valence-electron chi connectivity index (χ2n) is 4.03. The molecule has 0 unspecified atom stereocenters. The van der Waals surface area contributed by atoms with E-state index in [0.29, 0.717) is 0 Å². The number of nitrogen functional groups attached to an aromatic ring is 1. The molecule has 7 heteroatoms. The summed E-state index contributed by atoms with van der Waals surface area (Å²) in [7, 11) is -3.85. The number of carbonyl (C=O) groups is 1. The Morgan fingerprint density at radius 2 is 1.75 bits per heavy atom. The van der Waals surface area contributed by atoms with Crippen LogP contribution in [0.5, 0.6) is 0 Å². The SMILES string of the molecule is Nc1ccc(C(=O)O)c(NS(=O)(=O)c2ccccc2)c1. The van der Waals surface area contributed by atoms with E-state index in [1.807, 2.05) is 0 Å². The van der Waals surface area contributed by atoms with Crippen LogP contribution < -0.4 is 10.5 Å². The normalized spacial score (nSPS) is 11.0. The lowest BCUT2D eigenvalue weighted by Gasteiger charge is -2.11. The van der Waals surface area contributed by atoms with Crippen LogP contribution in [0.1, 0.15) is 10.4 Å². The third-order valence-corrected chi connectivity index (χ3v) is 3.95. The van der Waals surface area contributed by atoms with Crippen molar-refractivity contribution in [2.24, 2.45) is 0 Å². The summed E-state index contributed by atoms with van der Waals surface area (Å²) >= 11 is 0. The molecule has 0 spiro atoms. The van der Waals surface area contributed by atoms with Gasteiger partial charge in [0.15, 0.2) is 0 Å². The Hall–Kier alpha value is -2.54. The minimum absolute atomic E-state index is 0.0405. The Morgan fingerprint density at radius 1 is 1.10 bits per heavy atom. The monoisotopic (exact) mass is 292 g/mol. The molecule has 104 valence electrons. The number of hydrogen-bond acceptors (Lipinski definition) is 4. The fraction of sp³-hybridized carbons (Fsp3) is 0. The van der Waals surface area contributed by atoms with Gasteiger partial charge in [-0.1, -0.05) is 18.2 Å². The Labute approximate surface area is 115 Å². The second-order valence-corrected chi connectivity index (χ2v) is 5.71. The van der Waals surface area contributed by atoms with Crippen LogP contribution in [0.15, 0.2) is 53.4 Å². The molecule has 2 rings (SSSR count). The van der Waals surface area contributed by atoms with Crippen LogP contribution in [0.3, 0.4) is 0 Å². The molecule has 0 heterocycles. The van der Waals surface area contributed by atoms with Gasteiger partial charge in [-0.05, 0) is 30.3 Å². The number of nitrogens with two attached hydrogens (primary N) is 1. The van der Waals surface area contributed by atoms with E-state index < -0.39 is 16.0 Å². The molecular weight excluding hydrogens is 280 g/mol. The van der Waals surface area contributed by atoms with Crippen molar-refractivity contribution in [1.82, 2.24) is 0 Å². The summed E-state index contributed by atoms with van der Waals surface area (Å²) in [6.07, 6.45) is 0. The molecule has 0 fully saturated rings. The van der Waals surface area contributed by atoms with Gasteiger partial charge in [0.2, 0.25) is 0 Å². The van der Waals surface area contributed by atoms with E-state index in [4.69, 9.17) is 10.8 Å². The number of carboxylic acids is 1. The predicted octanol–water partition coefficient (Wildman–Crippen LogP) is 1.77. The highest BCUT2D eigenvalue weighted by molar-refractivity contribution is 7.92. The lowest BCUT2D eigenvalue weighted by molar-refractivity contribution is 0.0698. The Morgan fingerprint density at radius 3 is 2.35 bits per heavy atom. The second kappa shape index (κ2) is 5.22. The number of rotatable bonds is 4. The first-order valence-corrected chi connectivity index (χ1v) is 7.09. The van der Waals surface area contributed by atoms with Crippen LogP contribution in [0.4, 0.5) is 11.4 Å². The lowest BCUT2D eigenvalue weighted by Crippen LogP contribution is -2.15. The third kappa shape index (κ3) is 2.89. The predicted molar refractivity (Wildman–Crippen MR) is 75.1 cm³/mol. The van der Waals surface area contributed by atoms with Gasteiger partial charge >= 0.3 is 5.97 Å². The van der Waals surface area contributed by atoms with Gasteiger partial charge in [0.1, 0.15) is 0 Å². The van der Waals surface area contributed by atoms with Crippen LogP contribution in [-0.4, -0.2) is 19.5 Å². The van der Waals surface area contributed by atoms with Crippen molar-refractivity contribution < 1.29 is 18.3 Å². The molecule has 0 amide bonds. The molecular formula is C13H12N2O4S. The highest BCUT2D eigenvalue weighted by atomic mass is 32.2. The number of nitrogens with one attached hydrogen (secondary N) is 1. The number of hydrogen-bond donors (Lipinski definition) is 3. The zero-order valence-electron chi connectivity index (χ0n) is 10.3. The number of sulfonamides is 1. The van der Waals surface area contributed by atoms with Crippen LogP contribution in [0.25, 0.3) is 0 Å². The minimum Gasteiger partial charge on any atom is -0.478 e. The molecule has 0 radical (unpaired) electrons. The fourth-order valence-electron chi connectivity index (χ4n) is 1.64. The summed E-state index contributed by atoms with van der Waals surface area (Å²) < 4.78 is 26.5. The van der Waals surface area contributed by atoms with E-state index >= 15 is 0 Å². The van der Waals surface area contributed by atoms with E-state index in [9.17, 15) is 13.2 Å². The van der Waals surface area contributed by atoms with E-state index in [1.54, 1.807) is 18.2 Å². The molecule has 0 bridgehead atoms. The maximum absolute atomic E-state index is 12.1. The van der Waals surface area contributed by atoms with Crippen molar-refractivity contribution in [3.05, 3.63) is 54.1 Å². The largest absolute Gasteiger partial charge is 0.478 e. The average molecular weight is 292 g/mol. The van der Waals surface area contributed by atoms with E-state index in [-0.39, 0.29) is 21.8 Å². The van der Waals surface area contributed by atoms with Crippen LogP contribution in [0, 0.1) is 0 Å². The molecule has 20 heavy (non-hydrogen) atoms. The Balaban J connectivity index is 2.44. The third-order valence-electron chi connectivity index (χ3n) is 2.57.